The van der Waals surface area contributed by atoms with Crippen LogP contribution in [0, 0.1) is 11.8 Å². The quantitative estimate of drug-likeness (QED) is 0.482. The Hall–Kier alpha value is -1.48. The molecule has 1 nitrogen and oxygen atoms in total. The Balaban J connectivity index is 1.93. The van der Waals surface area contributed by atoms with E-state index in [1.54, 1.807) is 0 Å². The average Bonchev–Trinajstić information content (AvgIpc) is 2.51. The van der Waals surface area contributed by atoms with E-state index in [1.165, 1.54) is 24.8 Å². The van der Waals surface area contributed by atoms with Gasteiger partial charge in [0.05, 0.1) is 0 Å². The number of pyridine rings is 1. The van der Waals surface area contributed by atoms with E-state index >= 15 is 0 Å². The van der Waals surface area contributed by atoms with E-state index in [-0.39, 0.29) is 5.15 Å². The van der Waals surface area contributed by atoms with Gasteiger partial charge in [-0.05, 0) is 48.4 Å². The molecule has 2 rings (SSSR count). The molecule has 0 bridgehead atoms. The summed E-state index contributed by atoms with van der Waals surface area (Å²) in [7, 11) is 0. The molecule has 0 aliphatic heterocycles. The number of aromatic nitrogens is 1. The largest absolute Gasteiger partial charge is 0.250 e. The summed E-state index contributed by atoms with van der Waals surface area (Å²) in [6.07, 6.45) is 6.06. The van der Waals surface area contributed by atoms with E-state index in [0.29, 0.717) is 12.0 Å². The second-order valence-electron chi connectivity index (χ2n) is 5.48. The van der Waals surface area contributed by atoms with Crippen molar-refractivity contribution in [3.8, 4) is 0 Å². The van der Waals surface area contributed by atoms with Crippen LogP contribution >= 0.6 is 11.6 Å². The van der Waals surface area contributed by atoms with Crippen molar-refractivity contribution >= 4 is 11.6 Å². The zero-order chi connectivity index (χ0) is 15.9. The molecule has 0 fully saturated rings. The number of rotatable bonds is 7. The molecule has 1 heterocycles. The Morgan fingerprint density at radius 2 is 1.59 bits per heavy atom. The fourth-order valence-electron chi connectivity index (χ4n) is 2.39. The molecule has 0 aliphatic rings. The number of aryl methyl sites for hydroxylation is 3. The lowest BCUT2D eigenvalue weighted by molar-refractivity contribution is 0.477. The van der Waals surface area contributed by atoms with E-state index in [9.17, 15) is 8.78 Å². The van der Waals surface area contributed by atoms with Gasteiger partial charge in [0.2, 0.25) is 5.95 Å². The molecule has 0 N–H and O–H groups in total. The van der Waals surface area contributed by atoms with Crippen LogP contribution < -0.4 is 0 Å². The molecule has 1 aromatic carbocycles. The Bertz CT molecular complexity index is 611. The summed E-state index contributed by atoms with van der Waals surface area (Å²) in [5.74, 6) is -2.10. The summed E-state index contributed by atoms with van der Waals surface area (Å²) in [5, 5.41) is 0.0371. The van der Waals surface area contributed by atoms with E-state index in [4.69, 9.17) is 11.6 Å². The lowest BCUT2D eigenvalue weighted by atomic mass is 10.0. The number of benzene rings is 1. The van der Waals surface area contributed by atoms with Crippen LogP contribution in [0.5, 0.6) is 0 Å². The van der Waals surface area contributed by atoms with E-state index in [2.05, 4.69) is 36.2 Å². The van der Waals surface area contributed by atoms with Crippen molar-refractivity contribution in [2.75, 3.05) is 0 Å². The Kier molecular flexibility index (Phi) is 6.32. The lowest BCUT2D eigenvalue weighted by Gasteiger charge is -2.06. The molecule has 0 saturated heterocycles. The van der Waals surface area contributed by atoms with E-state index < -0.39 is 11.8 Å². The van der Waals surface area contributed by atoms with Gasteiger partial charge < -0.3 is 0 Å². The second kappa shape index (κ2) is 8.23. The number of hydrogen-bond donors (Lipinski definition) is 0. The fraction of sp³-hybridized carbons (Fsp3) is 0.389. The van der Waals surface area contributed by atoms with Gasteiger partial charge in [0, 0.05) is 0 Å². The highest BCUT2D eigenvalue weighted by atomic mass is 35.5. The minimum atomic E-state index is -1.15. The highest BCUT2D eigenvalue weighted by Gasteiger charge is 2.10. The van der Waals surface area contributed by atoms with Gasteiger partial charge in [0.25, 0.3) is 0 Å². The van der Waals surface area contributed by atoms with Crippen molar-refractivity contribution < 1.29 is 8.78 Å². The maximum atomic E-state index is 13.2. The Labute approximate surface area is 135 Å². The van der Waals surface area contributed by atoms with Crippen molar-refractivity contribution in [1.82, 2.24) is 4.98 Å². The van der Waals surface area contributed by atoms with Gasteiger partial charge >= 0.3 is 0 Å². The second-order valence-corrected chi connectivity index (χ2v) is 5.84. The van der Waals surface area contributed by atoms with Gasteiger partial charge in [-0.15, -0.1) is 0 Å². The minimum absolute atomic E-state index is 0.0371. The minimum Gasteiger partial charge on any atom is -0.205 e. The van der Waals surface area contributed by atoms with E-state index in [1.807, 2.05) is 0 Å². The number of unbranched alkanes of at least 4 members (excludes halogenated alkanes) is 2. The summed E-state index contributed by atoms with van der Waals surface area (Å²) in [4.78, 5) is 3.37. The first-order chi connectivity index (χ1) is 10.6. The van der Waals surface area contributed by atoms with Crippen LogP contribution in [0.3, 0.4) is 0 Å². The first-order valence-corrected chi connectivity index (χ1v) is 8.06. The molecule has 4 heteroatoms. The number of halogens is 3. The van der Waals surface area contributed by atoms with Crippen LogP contribution in [-0.2, 0) is 19.3 Å². The highest BCUT2D eigenvalue weighted by molar-refractivity contribution is 6.30. The predicted octanol–water partition coefficient (Wildman–Crippen LogP) is 5.53. The molecule has 0 aliphatic carbocycles. The third-order valence-electron chi connectivity index (χ3n) is 3.73. The van der Waals surface area contributed by atoms with Crippen molar-refractivity contribution in [3.63, 3.8) is 0 Å². The van der Waals surface area contributed by atoms with Crippen molar-refractivity contribution in [3.05, 3.63) is 63.9 Å². The third-order valence-corrected chi connectivity index (χ3v) is 4.06. The maximum Gasteiger partial charge on any atom is 0.250 e. The molecule has 0 saturated carbocycles. The van der Waals surface area contributed by atoms with Crippen LogP contribution in [0.4, 0.5) is 8.78 Å². The highest BCUT2D eigenvalue weighted by Crippen LogP contribution is 2.19. The van der Waals surface area contributed by atoms with Gasteiger partial charge in [-0.25, -0.2) is 9.37 Å². The topological polar surface area (TPSA) is 12.9 Å². The van der Waals surface area contributed by atoms with Gasteiger partial charge in [0.15, 0.2) is 5.82 Å². The zero-order valence-corrected chi connectivity index (χ0v) is 13.5. The Morgan fingerprint density at radius 3 is 2.23 bits per heavy atom. The molecular formula is C18H20ClF2N. The van der Waals surface area contributed by atoms with Crippen LogP contribution in [0.2, 0.25) is 5.15 Å². The summed E-state index contributed by atoms with van der Waals surface area (Å²) in [6.45, 7) is 2.20. The van der Waals surface area contributed by atoms with E-state index in [0.717, 1.165) is 24.5 Å². The zero-order valence-electron chi connectivity index (χ0n) is 12.7. The molecule has 0 radical (unpaired) electrons. The van der Waals surface area contributed by atoms with Crippen molar-refractivity contribution in [2.45, 2.75) is 45.4 Å². The molecular weight excluding hydrogens is 304 g/mol. The first kappa shape index (κ1) is 16.9. The molecule has 118 valence electrons. The van der Waals surface area contributed by atoms with Gasteiger partial charge in [0.1, 0.15) is 5.15 Å². The predicted molar refractivity (Wildman–Crippen MR) is 86.2 cm³/mol. The summed E-state index contributed by atoms with van der Waals surface area (Å²) in [6, 6.07) is 9.57. The van der Waals surface area contributed by atoms with Gasteiger partial charge in [-0.2, -0.15) is 4.39 Å². The molecule has 0 spiro atoms. The first-order valence-electron chi connectivity index (χ1n) is 7.68. The lowest BCUT2D eigenvalue weighted by Crippen LogP contribution is -1.99. The molecule has 0 unspecified atom stereocenters. The standard InChI is InChI=1S/C18H20ClF2N/c1-2-3-4-5-13-6-8-14(9-7-13)10-11-15-12-16(20)18(21)22-17(15)19/h6-9,12H,2-5,10-11H2,1H3. The van der Waals surface area contributed by atoms with Crippen LogP contribution in [0.25, 0.3) is 0 Å². The van der Waals surface area contributed by atoms with Crippen LogP contribution in [0.1, 0.15) is 42.9 Å². The summed E-state index contributed by atoms with van der Waals surface area (Å²) >= 11 is 5.85. The van der Waals surface area contributed by atoms with Crippen LogP contribution in [-0.4, -0.2) is 4.98 Å². The fourth-order valence-corrected chi connectivity index (χ4v) is 2.61. The maximum absolute atomic E-state index is 13.2. The molecule has 2 aromatic rings. The van der Waals surface area contributed by atoms with Crippen molar-refractivity contribution in [2.24, 2.45) is 0 Å². The van der Waals surface area contributed by atoms with Gasteiger partial charge in [-0.3, -0.25) is 0 Å². The average molecular weight is 324 g/mol. The molecule has 1 aromatic heterocycles. The number of nitrogens with zero attached hydrogens (tertiary/aromatic N) is 1. The SMILES string of the molecule is CCCCCc1ccc(CCc2cc(F)c(F)nc2Cl)cc1. The van der Waals surface area contributed by atoms with Crippen LogP contribution in [0.15, 0.2) is 30.3 Å². The third kappa shape index (κ3) is 4.77. The molecule has 0 amide bonds. The van der Waals surface area contributed by atoms with Gasteiger partial charge in [-0.1, -0.05) is 55.6 Å². The summed E-state index contributed by atoms with van der Waals surface area (Å²) in [5.41, 5.74) is 3.03. The normalized spacial score (nSPS) is 10.9. The Morgan fingerprint density at radius 1 is 0.955 bits per heavy atom. The molecule has 0 atom stereocenters. The number of hydrogen-bond acceptors (Lipinski definition) is 1. The smallest absolute Gasteiger partial charge is 0.205 e. The molecule has 22 heavy (non-hydrogen) atoms. The summed E-state index contributed by atoms with van der Waals surface area (Å²) < 4.78 is 26.1. The monoisotopic (exact) mass is 323 g/mol. The van der Waals surface area contributed by atoms with Crippen molar-refractivity contribution in [1.29, 1.82) is 0 Å².